The molecule has 0 saturated carbocycles. The van der Waals surface area contributed by atoms with Gasteiger partial charge < -0.3 is 15.0 Å². The monoisotopic (exact) mass is 483 g/mol. The van der Waals surface area contributed by atoms with Crippen LogP contribution in [0.15, 0.2) is 78.6 Å². The third-order valence-electron chi connectivity index (χ3n) is 6.37. The highest BCUT2D eigenvalue weighted by Gasteiger charge is 2.30. The lowest BCUT2D eigenvalue weighted by Gasteiger charge is -2.30. The quantitative estimate of drug-likeness (QED) is 0.434. The summed E-state index contributed by atoms with van der Waals surface area (Å²) in [6.45, 7) is 10.1. The minimum absolute atomic E-state index is 0.107. The molecule has 186 valence electrons. The van der Waals surface area contributed by atoms with Crippen molar-refractivity contribution in [1.29, 1.82) is 0 Å². The van der Waals surface area contributed by atoms with E-state index in [0.717, 1.165) is 36.4 Å². The van der Waals surface area contributed by atoms with Gasteiger partial charge in [0, 0.05) is 18.7 Å². The highest BCUT2D eigenvalue weighted by Crippen LogP contribution is 2.36. The van der Waals surface area contributed by atoms with Crippen LogP contribution in [0.4, 0.5) is 5.69 Å². The van der Waals surface area contributed by atoms with Crippen molar-refractivity contribution >= 4 is 23.6 Å². The first-order valence-corrected chi connectivity index (χ1v) is 12.4. The molecule has 0 atom stereocenters. The highest BCUT2D eigenvalue weighted by atomic mass is 16.5. The lowest BCUT2D eigenvalue weighted by atomic mass is 10.1. The number of hydrogen-bond acceptors (Lipinski definition) is 4. The summed E-state index contributed by atoms with van der Waals surface area (Å²) in [5, 5.41) is 2.97. The molecule has 6 nitrogen and oxygen atoms in total. The summed E-state index contributed by atoms with van der Waals surface area (Å²) in [5.74, 6) is 0.578. The van der Waals surface area contributed by atoms with Gasteiger partial charge in [-0.05, 0) is 61.5 Å². The molecule has 1 heterocycles. The number of fused-ring (bicyclic) bond motifs is 1. The van der Waals surface area contributed by atoms with Gasteiger partial charge in [0.15, 0.2) is 11.5 Å². The van der Waals surface area contributed by atoms with E-state index >= 15 is 0 Å². The average Bonchev–Trinajstić information content (AvgIpc) is 2.90. The number of anilines is 1. The Morgan fingerprint density at radius 2 is 1.67 bits per heavy atom. The predicted molar refractivity (Wildman–Crippen MR) is 144 cm³/mol. The molecular weight excluding hydrogens is 450 g/mol. The van der Waals surface area contributed by atoms with Crippen LogP contribution in [-0.2, 0) is 11.3 Å². The van der Waals surface area contributed by atoms with Crippen molar-refractivity contribution in [2.75, 3.05) is 31.1 Å². The largest absolute Gasteiger partial charge is 0.449 e. The molecule has 2 amide bonds. The van der Waals surface area contributed by atoms with Gasteiger partial charge in [-0.2, -0.15) is 0 Å². The zero-order valence-electron chi connectivity index (χ0n) is 21.2. The van der Waals surface area contributed by atoms with E-state index in [2.05, 4.69) is 24.1 Å². The molecule has 0 unspecified atom stereocenters. The van der Waals surface area contributed by atoms with E-state index in [-0.39, 0.29) is 17.6 Å². The van der Waals surface area contributed by atoms with Crippen molar-refractivity contribution in [2.45, 2.75) is 27.3 Å². The maximum atomic E-state index is 13.4. The minimum atomic E-state index is -0.201. The van der Waals surface area contributed by atoms with Gasteiger partial charge in [-0.1, -0.05) is 67.9 Å². The maximum absolute atomic E-state index is 13.4. The van der Waals surface area contributed by atoms with Crippen LogP contribution in [0.3, 0.4) is 0 Å². The zero-order valence-corrected chi connectivity index (χ0v) is 21.2. The van der Waals surface area contributed by atoms with E-state index in [9.17, 15) is 9.59 Å². The van der Waals surface area contributed by atoms with Crippen LogP contribution in [0, 0.1) is 6.92 Å². The number of nitrogens with one attached hydrogen (secondary N) is 1. The Bertz CT molecular complexity index is 1230. The molecule has 3 aromatic rings. The molecule has 36 heavy (non-hydrogen) atoms. The summed E-state index contributed by atoms with van der Waals surface area (Å²) in [6, 6.07) is 22.9. The summed E-state index contributed by atoms with van der Waals surface area (Å²) in [5.41, 5.74) is 4.33. The van der Waals surface area contributed by atoms with Crippen molar-refractivity contribution in [3.8, 4) is 5.75 Å². The summed E-state index contributed by atoms with van der Waals surface area (Å²) in [7, 11) is 0. The van der Waals surface area contributed by atoms with Gasteiger partial charge >= 0.3 is 0 Å². The highest BCUT2D eigenvalue weighted by molar-refractivity contribution is 6.09. The van der Waals surface area contributed by atoms with Crippen molar-refractivity contribution in [2.24, 2.45) is 0 Å². The van der Waals surface area contributed by atoms with Gasteiger partial charge in [0.05, 0.1) is 12.2 Å². The number of ether oxygens (including phenoxy) is 1. The third kappa shape index (κ3) is 6.01. The predicted octanol–water partition coefficient (Wildman–Crippen LogP) is 5.03. The first-order valence-electron chi connectivity index (χ1n) is 12.4. The van der Waals surface area contributed by atoms with E-state index in [4.69, 9.17) is 4.74 Å². The Balaban J connectivity index is 1.49. The molecule has 0 aromatic heterocycles. The number of carbonyl (C=O) groups excluding carboxylic acids is 2. The van der Waals surface area contributed by atoms with Crippen molar-refractivity contribution in [3.63, 3.8) is 0 Å². The van der Waals surface area contributed by atoms with Crippen molar-refractivity contribution in [1.82, 2.24) is 10.2 Å². The van der Waals surface area contributed by atoms with E-state index < -0.39 is 0 Å². The fourth-order valence-corrected chi connectivity index (χ4v) is 4.15. The molecule has 1 aliphatic rings. The Hall–Kier alpha value is -3.90. The van der Waals surface area contributed by atoms with E-state index in [1.54, 1.807) is 23.1 Å². The van der Waals surface area contributed by atoms with Gasteiger partial charge in [0.1, 0.15) is 0 Å². The van der Waals surface area contributed by atoms with Crippen LogP contribution >= 0.6 is 0 Å². The fourth-order valence-electron chi connectivity index (χ4n) is 4.15. The number of para-hydroxylation sites is 2. The molecule has 1 aliphatic heterocycles. The second-order valence-corrected chi connectivity index (χ2v) is 8.86. The first kappa shape index (κ1) is 25.2. The maximum Gasteiger partial charge on any atom is 0.294 e. The smallest absolute Gasteiger partial charge is 0.294 e. The number of likely N-dealkylation sites (N-methyl/N-ethyl adjacent to an activating group) is 1. The van der Waals surface area contributed by atoms with Crippen molar-refractivity contribution in [3.05, 3.63) is 101 Å². The molecule has 4 rings (SSSR count). The van der Waals surface area contributed by atoms with Gasteiger partial charge in [0.2, 0.25) is 0 Å². The number of carbonyl (C=O) groups is 2. The topological polar surface area (TPSA) is 61.9 Å². The SMILES string of the molecule is CCN(CC)CCNC(=O)c1ccc(C=C2Oc3ccccc3N(Cc3ccc(C)cc3)C2=O)cc1. The Morgan fingerprint density at radius 3 is 2.36 bits per heavy atom. The standard InChI is InChI=1S/C30H33N3O3/c1-4-32(5-2)19-18-31-29(34)25-16-14-23(15-17-25)20-28-30(35)33(21-24-12-10-22(3)11-13-24)26-8-6-7-9-27(26)36-28/h6-17,20H,4-5,18-19,21H2,1-3H3,(H,31,34). The summed E-state index contributed by atoms with van der Waals surface area (Å²) < 4.78 is 6.00. The van der Waals surface area contributed by atoms with Gasteiger partial charge in [-0.3, -0.25) is 14.5 Å². The summed E-state index contributed by atoms with van der Waals surface area (Å²) in [6.07, 6.45) is 1.72. The number of hydrogen-bond donors (Lipinski definition) is 1. The normalized spacial score (nSPS) is 14.1. The third-order valence-corrected chi connectivity index (χ3v) is 6.37. The number of rotatable bonds is 9. The Morgan fingerprint density at radius 1 is 0.972 bits per heavy atom. The van der Waals surface area contributed by atoms with Crippen LogP contribution in [0.25, 0.3) is 6.08 Å². The second kappa shape index (κ2) is 11.7. The zero-order chi connectivity index (χ0) is 25.5. The summed E-state index contributed by atoms with van der Waals surface area (Å²) in [4.78, 5) is 29.9. The Labute approximate surface area is 213 Å². The summed E-state index contributed by atoms with van der Waals surface area (Å²) >= 11 is 0. The lowest BCUT2D eigenvalue weighted by molar-refractivity contribution is -0.117. The minimum Gasteiger partial charge on any atom is -0.449 e. The molecular formula is C30H33N3O3. The van der Waals surface area contributed by atoms with Crippen LogP contribution in [0.1, 0.15) is 40.9 Å². The van der Waals surface area contributed by atoms with E-state index in [1.165, 1.54) is 5.56 Å². The molecule has 6 heteroatoms. The van der Waals surface area contributed by atoms with Crippen LogP contribution in [-0.4, -0.2) is 42.9 Å². The molecule has 3 aromatic carbocycles. The molecule has 0 bridgehead atoms. The van der Waals surface area contributed by atoms with Crippen LogP contribution < -0.4 is 15.0 Å². The van der Waals surface area contributed by atoms with E-state index in [0.29, 0.717) is 24.4 Å². The van der Waals surface area contributed by atoms with Crippen LogP contribution in [0.5, 0.6) is 5.75 Å². The number of amides is 2. The molecule has 0 saturated heterocycles. The first-order chi connectivity index (χ1) is 17.5. The second-order valence-electron chi connectivity index (χ2n) is 8.86. The lowest BCUT2D eigenvalue weighted by Crippen LogP contribution is -2.36. The molecule has 1 N–H and O–H groups in total. The Kier molecular flexibility index (Phi) is 8.18. The van der Waals surface area contributed by atoms with Crippen molar-refractivity contribution < 1.29 is 14.3 Å². The van der Waals surface area contributed by atoms with Gasteiger partial charge in [0.25, 0.3) is 11.8 Å². The average molecular weight is 484 g/mol. The number of nitrogens with zero attached hydrogens (tertiary/aromatic N) is 2. The van der Waals surface area contributed by atoms with Gasteiger partial charge in [-0.15, -0.1) is 0 Å². The number of aryl methyl sites for hydroxylation is 1. The molecule has 0 aliphatic carbocycles. The fraction of sp³-hybridized carbons (Fsp3) is 0.267. The number of benzene rings is 3. The molecule has 0 radical (unpaired) electrons. The van der Waals surface area contributed by atoms with E-state index in [1.807, 2.05) is 67.6 Å². The molecule has 0 fully saturated rings. The van der Waals surface area contributed by atoms with Crippen LogP contribution in [0.2, 0.25) is 0 Å². The molecule has 0 spiro atoms. The van der Waals surface area contributed by atoms with Gasteiger partial charge in [-0.25, -0.2) is 0 Å².